The summed E-state index contributed by atoms with van der Waals surface area (Å²) < 4.78 is 39.5. The number of halogens is 4. The molecule has 0 aromatic carbocycles. The first-order valence-electron chi connectivity index (χ1n) is 5.28. The van der Waals surface area contributed by atoms with Gasteiger partial charge in [-0.15, -0.1) is 0 Å². The van der Waals surface area contributed by atoms with Crippen molar-refractivity contribution >= 4 is 23.1 Å². The first kappa shape index (κ1) is 13.7. The Hall–Kier alpha value is -1.76. The number of aromatic nitrogens is 3. The van der Waals surface area contributed by atoms with Crippen LogP contribution in [0.25, 0.3) is 0 Å². The summed E-state index contributed by atoms with van der Waals surface area (Å²) in [7, 11) is 1.71. The van der Waals surface area contributed by atoms with E-state index in [-0.39, 0.29) is 11.0 Å². The lowest BCUT2D eigenvalue weighted by Gasteiger charge is -2.10. The van der Waals surface area contributed by atoms with Crippen LogP contribution in [0.15, 0.2) is 18.3 Å². The van der Waals surface area contributed by atoms with E-state index in [9.17, 15) is 13.2 Å². The van der Waals surface area contributed by atoms with Crippen molar-refractivity contribution in [1.82, 2.24) is 14.8 Å². The van der Waals surface area contributed by atoms with Gasteiger partial charge in [-0.05, 0) is 19.1 Å². The number of anilines is 2. The van der Waals surface area contributed by atoms with Crippen molar-refractivity contribution in [2.24, 2.45) is 7.05 Å². The first-order valence-corrected chi connectivity index (χ1v) is 5.65. The normalized spacial score (nSPS) is 11.7. The molecular formula is C11H10ClF3N4. The number of nitrogens with zero attached hydrogens (tertiary/aromatic N) is 3. The van der Waals surface area contributed by atoms with Crippen LogP contribution in [0.1, 0.15) is 11.3 Å². The number of rotatable bonds is 2. The zero-order chi connectivity index (χ0) is 14.2. The highest BCUT2D eigenvalue weighted by molar-refractivity contribution is 6.29. The van der Waals surface area contributed by atoms with E-state index in [1.807, 2.05) is 0 Å². The molecule has 2 rings (SSSR count). The van der Waals surface area contributed by atoms with Crippen molar-refractivity contribution < 1.29 is 13.2 Å². The molecule has 2 aromatic rings. The quantitative estimate of drug-likeness (QED) is 0.860. The fraction of sp³-hybridized carbons (Fsp3) is 0.273. The van der Waals surface area contributed by atoms with Crippen LogP contribution < -0.4 is 5.32 Å². The van der Waals surface area contributed by atoms with Crippen LogP contribution in [0.4, 0.5) is 24.7 Å². The molecule has 0 aliphatic carbocycles. The minimum Gasteiger partial charge on any atom is -0.337 e. The van der Waals surface area contributed by atoms with Gasteiger partial charge in [-0.3, -0.25) is 4.68 Å². The fourth-order valence-electron chi connectivity index (χ4n) is 1.58. The Morgan fingerprint density at radius 1 is 1.32 bits per heavy atom. The van der Waals surface area contributed by atoms with Gasteiger partial charge >= 0.3 is 6.18 Å². The van der Waals surface area contributed by atoms with Gasteiger partial charge < -0.3 is 5.32 Å². The van der Waals surface area contributed by atoms with E-state index in [1.54, 1.807) is 24.9 Å². The number of hydrogen-bond donors (Lipinski definition) is 1. The predicted octanol–water partition coefficient (Wildman–Crippen LogP) is 3.54. The second-order valence-electron chi connectivity index (χ2n) is 3.99. The van der Waals surface area contributed by atoms with Crippen LogP contribution in [-0.4, -0.2) is 14.8 Å². The Morgan fingerprint density at radius 3 is 2.53 bits per heavy atom. The highest BCUT2D eigenvalue weighted by Gasteiger charge is 2.31. The maximum Gasteiger partial charge on any atom is 0.416 e. The largest absolute Gasteiger partial charge is 0.416 e. The van der Waals surface area contributed by atoms with Gasteiger partial charge in [0.1, 0.15) is 11.0 Å². The van der Waals surface area contributed by atoms with Gasteiger partial charge in [0.15, 0.2) is 0 Å². The molecule has 0 aliphatic rings. The predicted molar refractivity (Wildman–Crippen MR) is 65.5 cm³/mol. The molecule has 0 spiro atoms. The minimum atomic E-state index is -4.47. The standard InChI is InChI=1S/C11H10ClF3N4/c1-6-8(5-19(2)18-6)16-10-4-7(11(13,14)15)3-9(12)17-10/h3-5H,1-2H3,(H,16,17). The van der Waals surface area contributed by atoms with Crippen LogP contribution in [0.5, 0.6) is 0 Å². The topological polar surface area (TPSA) is 42.7 Å². The molecule has 0 amide bonds. The van der Waals surface area contributed by atoms with Crippen molar-refractivity contribution in [3.63, 3.8) is 0 Å². The van der Waals surface area contributed by atoms with Gasteiger partial charge in [-0.2, -0.15) is 18.3 Å². The van der Waals surface area contributed by atoms with Crippen molar-refractivity contribution in [3.8, 4) is 0 Å². The van der Waals surface area contributed by atoms with Gasteiger partial charge in [0.05, 0.1) is 16.9 Å². The zero-order valence-electron chi connectivity index (χ0n) is 10.1. The van der Waals surface area contributed by atoms with E-state index in [0.717, 1.165) is 12.1 Å². The van der Waals surface area contributed by atoms with E-state index in [4.69, 9.17) is 11.6 Å². The van der Waals surface area contributed by atoms with E-state index in [1.165, 1.54) is 0 Å². The van der Waals surface area contributed by atoms with Gasteiger partial charge in [0.25, 0.3) is 0 Å². The third-order valence-corrected chi connectivity index (χ3v) is 2.59. The highest BCUT2D eigenvalue weighted by atomic mass is 35.5. The fourth-order valence-corrected chi connectivity index (χ4v) is 1.79. The number of aryl methyl sites for hydroxylation is 2. The zero-order valence-corrected chi connectivity index (χ0v) is 10.8. The molecule has 0 bridgehead atoms. The summed E-state index contributed by atoms with van der Waals surface area (Å²) in [5, 5.41) is 6.62. The summed E-state index contributed by atoms with van der Waals surface area (Å²) in [5.74, 6) is 0.0240. The van der Waals surface area contributed by atoms with Gasteiger partial charge in [-0.1, -0.05) is 11.6 Å². The molecule has 0 atom stereocenters. The molecule has 102 valence electrons. The van der Waals surface area contributed by atoms with Crippen molar-refractivity contribution in [3.05, 3.63) is 34.7 Å². The molecule has 0 fully saturated rings. The molecule has 4 nitrogen and oxygen atoms in total. The van der Waals surface area contributed by atoms with E-state index in [0.29, 0.717) is 11.4 Å². The van der Waals surface area contributed by atoms with Gasteiger partial charge in [0.2, 0.25) is 0 Å². The lowest BCUT2D eigenvalue weighted by Crippen LogP contribution is -2.06. The maximum atomic E-state index is 12.6. The summed E-state index contributed by atoms with van der Waals surface area (Å²) in [6.45, 7) is 1.73. The average Bonchev–Trinajstić information content (AvgIpc) is 2.55. The molecule has 0 aliphatic heterocycles. The van der Waals surface area contributed by atoms with E-state index >= 15 is 0 Å². The summed E-state index contributed by atoms with van der Waals surface area (Å²) in [6, 6.07) is 1.68. The molecule has 1 N–H and O–H groups in total. The molecule has 2 heterocycles. The molecule has 0 saturated carbocycles. The third kappa shape index (κ3) is 3.17. The van der Waals surface area contributed by atoms with E-state index < -0.39 is 11.7 Å². The lowest BCUT2D eigenvalue weighted by atomic mass is 10.2. The molecule has 0 radical (unpaired) electrons. The SMILES string of the molecule is Cc1nn(C)cc1Nc1cc(C(F)(F)F)cc(Cl)n1. The monoisotopic (exact) mass is 290 g/mol. The number of pyridine rings is 1. The molecular weight excluding hydrogens is 281 g/mol. The molecule has 0 unspecified atom stereocenters. The summed E-state index contributed by atoms with van der Waals surface area (Å²) in [6.07, 6.45) is -2.82. The Balaban J connectivity index is 2.35. The number of nitrogens with one attached hydrogen (secondary N) is 1. The van der Waals surface area contributed by atoms with Crippen molar-refractivity contribution in [2.45, 2.75) is 13.1 Å². The number of alkyl halides is 3. The summed E-state index contributed by atoms with van der Waals surface area (Å²) in [4.78, 5) is 3.81. The second kappa shape index (κ2) is 4.73. The minimum absolute atomic E-state index is 0.0240. The molecule has 0 saturated heterocycles. The second-order valence-corrected chi connectivity index (χ2v) is 4.38. The summed E-state index contributed by atoms with van der Waals surface area (Å²) in [5.41, 5.74) is 0.375. The van der Waals surface area contributed by atoms with Crippen LogP contribution in [0.3, 0.4) is 0 Å². The van der Waals surface area contributed by atoms with Gasteiger partial charge in [-0.25, -0.2) is 4.98 Å². The molecule has 2 aromatic heterocycles. The van der Waals surface area contributed by atoms with Crippen LogP contribution in [0.2, 0.25) is 5.15 Å². The smallest absolute Gasteiger partial charge is 0.337 e. The first-order chi connectivity index (χ1) is 8.75. The molecule has 8 heteroatoms. The van der Waals surface area contributed by atoms with Crippen LogP contribution >= 0.6 is 11.6 Å². The Morgan fingerprint density at radius 2 is 2.00 bits per heavy atom. The Kier molecular flexibility index (Phi) is 3.40. The highest BCUT2D eigenvalue weighted by Crippen LogP contribution is 2.32. The summed E-state index contributed by atoms with van der Waals surface area (Å²) >= 11 is 5.60. The Bertz CT molecular complexity index is 606. The Labute approximate surface area is 112 Å². The van der Waals surface area contributed by atoms with Crippen molar-refractivity contribution in [2.75, 3.05) is 5.32 Å². The van der Waals surface area contributed by atoms with E-state index in [2.05, 4.69) is 15.4 Å². The lowest BCUT2D eigenvalue weighted by molar-refractivity contribution is -0.137. The van der Waals surface area contributed by atoms with Crippen molar-refractivity contribution in [1.29, 1.82) is 0 Å². The molecule has 19 heavy (non-hydrogen) atoms. The maximum absolute atomic E-state index is 12.6. The van der Waals surface area contributed by atoms with Gasteiger partial charge in [0, 0.05) is 13.2 Å². The average molecular weight is 291 g/mol. The number of hydrogen-bond acceptors (Lipinski definition) is 3. The van der Waals surface area contributed by atoms with Crippen LogP contribution in [0, 0.1) is 6.92 Å². The third-order valence-electron chi connectivity index (χ3n) is 2.40. The van der Waals surface area contributed by atoms with Crippen LogP contribution in [-0.2, 0) is 13.2 Å².